The minimum Gasteiger partial charge on any atom is -0.357 e. The Balaban J connectivity index is 1.96. The summed E-state index contributed by atoms with van der Waals surface area (Å²) in [5, 5.41) is 3.26. The Morgan fingerprint density at radius 3 is 2.65 bits per heavy atom. The molecule has 1 N–H and O–H groups in total. The molecule has 4 nitrogen and oxygen atoms in total. The number of hydrogen-bond acceptors (Lipinski definition) is 4. The van der Waals surface area contributed by atoms with Gasteiger partial charge in [0.05, 0.1) is 0 Å². The van der Waals surface area contributed by atoms with E-state index in [1.807, 2.05) is 12.3 Å². The smallest absolute Gasteiger partial charge is 0.224 e. The van der Waals surface area contributed by atoms with Crippen molar-refractivity contribution in [1.29, 1.82) is 0 Å². The number of anilines is 2. The average molecular weight is 276 g/mol. The Bertz CT molecular complexity index is 399. The molecule has 0 amide bonds. The molecule has 1 saturated carbocycles. The van der Waals surface area contributed by atoms with Gasteiger partial charge in [-0.25, -0.2) is 4.98 Å². The van der Waals surface area contributed by atoms with Crippen LogP contribution in [0, 0.1) is 5.92 Å². The third kappa shape index (κ3) is 3.84. The van der Waals surface area contributed by atoms with Crippen molar-refractivity contribution in [2.45, 2.75) is 58.4 Å². The summed E-state index contributed by atoms with van der Waals surface area (Å²) in [6.45, 7) is 5.38. The highest BCUT2D eigenvalue weighted by Crippen LogP contribution is 2.30. The zero-order valence-electron chi connectivity index (χ0n) is 13.1. The maximum Gasteiger partial charge on any atom is 0.224 e. The monoisotopic (exact) mass is 276 g/mol. The summed E-state index contributed by atoms with van der Waals surface area (Å²) < 4.78 is 0. The number of nitrogens with zero attached hydrogens (tertiary/aromatic N) is 3. The summed E-state index contributed by atoms with van der Waals surface area (Å²) >= 11 is 0. The lowest BCUT2D eigenvalue weighted by Gasteiger charge is -2.35. The molecule has 1 aromatic heterocycles. The molecule has 1 aromatic rings. The fraction of sp³-hybridized carbons (Fsp3) is 0.750. The fourth-order valence-corrected chi connectivity index (χ4v) is 3.00. The highest BCUT2D eigenvalue weighted by molar-refractivity contribution is 5.42. The van der Waals surface area contributed by atoms with Crippen molar-refractivity contribution >= 4 is 11.8 Å². The van der Waals surface area contributed by atoms with E-state index in [0.717, 1.165) is 30.6 Å². The van der Waals surface area contributed by atoms with Crippen LogP contribution in [-0.4, -0.2) is 29.6 Å². The van der Waals surface area contributed by atoms with Crippen molar-refractivity contribution in [2.75, 3.05) is 23.8 Å². The van der Waals surface area contributed by atoms with Crippen LogP contribution >= 0.6 is 0 Å². The van der Waals surface area contributed by atoms with Gasteiger partial charge >= 0.3 is 0 Å². The van der Waals surface area contributed by atoms with Gasteiger partial charge in [0.25, 0.3) is 0 Å². The van der Waals surface area contributed by atoms with Crippen LogP contribution in [0.3, 0.4) is 0 Å². The molecule has 0 spiro atoms. The molecule has 0 unspecified atom stereocenters. The summed E-state index contributed by atoms with van der Waals surface area (Å²) in [5.41, 5.74) is 0. The van der Waals surface area contributed by atoms with Gasteiger partial charge in [-0.15, -0.1) is 0 Å². The van der Waals surface area contributed by atoms with E-state index < -0.39 is 0 Å². The molecule has 0 aromatic carbocycles. The third-order valence-corrected chi connectivity index (χ3v) is 4.48. The molecule has 1 aliphatic rings. The van der Waals surface area contributed by atoms with Crippen LogP contribution < -0.4 is 10.2 Å². The van der Waals surface area contributed by atoms with Gasteiger partial charge in [-0.2, -0.15) is 4.98 Å². The van der Waals surface area contributed by atoms with Crippen LogP contribution in [-0.2, 0) is 0 Å². The molecule has 2 rings (SSSR count). The second-order valence-electron chi connectivity index (χ2n) is 5.86. The van der Waals surface area contributed by atoms with Gasteiger partial charge in [0.1, 0.15) is 5.82 Å². The van der Waals surface area contributed by atoms with Crippen LogP contribution in [0.2, 0.25) is 0 Å². The first-order chi connectivity index (χ1) is 9.74. The maximum absolute atomic E-state index is 4.63. The molecule has 112 valence electrons. The molecular formula is C16H28N4. The molecular weight excluding hydrogens is 248 g/mol. The van der Waals surface area contributed by atoms with E-state index in [0.29, 0.717) is 6.04 Å². The first-order valence-corrected chi connectivity index (χ1v) is 8.04. The maximum atomic E-state index is 4.63. The highest BCUT2D eigenvalue weighted by Gasteiger charge is 2.23. The predicted molar refractivity (Wildman–Crippen MR) is 85.3 cm³/mol. The standard InChI is InChI=1S/C16H28N4/c1-4-11-17-16-18-12-10-15(19-16)20(3)14-8-6-13(5-2)7-9-14/h10,12-14H,4-9,11H2,1-3H3,(H,17,18,19). The van der Waals surface area contributed by atoms with Gasteiger partial charge in [-0.1, -0.05) is 20.3 Å². The van der Waals surface area contributed by atoms with Gasteiger partial charge in [-0.05, 0) is 44.1 Å². The Labute approximate surface area is 123 Å². The zero-order chi connectivity index (χ0) is 14.4. The quantitative estimate of drug-likeness (QED) is 0.860. The average Bonchev–Trinajstić information content (AvgIpc) is 2.52. The molecule has 0 aliphatic heterocycles. The van der Waals surface area contributed by atoms with E-state index >= 15 is 0 Å². The lowest BCUT2D eigenvalue weighted by molar-refractivity contribution is 0.313. The van der Waals surface area contributed by atoms with E-state index in [-0.39, 0.29) is 0 Å². The zero-order valence-corrected chi connectivity index (χ0v) is 13.1. The molecule has 1 aliphatic carbocycles. The first-order valence-electron chi connectivity index (χ1n) is 8.04. The summed E-state index contributed by atoms with van der Waals surface area (Å²) in [6, 6.07) is 2.65. The van der Waals surface area contributed by atoms with Gasteiger partial charge in [0.15, 0.2) is 0 Å². The molecule has 20 heavy (non-hydrogen) atoms. The SMILES string of the molecule is CCCNc1nccc(N(C)C2CCC(CC)CC2)n1. The molecule has 0 atom stereocenters. The largest absolute Gasteiger partial charge is 0.357 e. The normalized spacial score (nSPS) is 22.6. The van der Waals surface area contributed by atoms with Gasteiger partial charge < -0.3 is 10.2 Å². The van der Waals surface area contributed by atoms with Crippen LogP contribution in [0.25, 0.3) is 0 Å². The summed E-state index contributed by atoms with van der Waals surface area (Å²) in [6.07, 6.45) is 9.57. The minimum absolute atomic E-state index is 0.631. The number of aromatic nitrogens is 2. The van der Waals surface area contributed by atoms with Crippen LogP contribution in [0.5, 0.6) is 0 Å². The third-order valence-electron chi connectivity index (χ3n) is 4.48. The van der Waals surface area contributed by atoms with E-state index in [1.165, 1.54) is 32.1 Å². The molecule has 0 saturated heterocycles. The predicted octanol–water partition coefficient (Wildman–Crippen LogP) is 3.70. The Morgan fingerprint density at radius 1 is 1.25 bits per heavy atom. The molecule has 1 fully saturated rings. The van der Waals surface area contributed by atoms with Crippen molar-refractivity contribution in [3.63, 3.8) is 0 Å². The van der Waals surface area contributed by atoms with Crippen molar-refractivity contribution in [3.05, 3.63) is 12.3 Å². The molecule has 0 radical (unpaired) electrons. The van der Waals surface area contributed by atoms with Crippen molar-refractivity contribution in [1.82, 2.24) is 9.97 Å². The van der Waals surface area contributed by atoms with Crippen LogP contribution in [0.1, 0.15) is 52.4 Å². The Hall–Kier alpha value is -1.32. The Kier molecular flexibility index (Phi) is 5.62. The van der Waals surface area contributed by atoms with Crippen molar-refractivity contribution in [3.8, 4) is 0 Å². The lowest BCUT2D eigenvalue weighted by Crippen LogP contribution is -2.35. The minimum atomic E-state index is 0.631. The van der Waals surface area contributed by atoms with Crippen LogP contribution in [0.15, 0.2) is 12.3 Å². The number of nitrogens with one attached hydrogen (secondary N) is 1. The van der Waals surface area contributed by atoms with Crippen molar-refractivity contribution < 1.29 is 0 Å². The van der Waals surface area contributed by atoms with Gasteiger partial charge in [-0.3, -0.25) is 0 Å². The van der Waals surface area contributed by atoms with Crippen molar-refractivity contribution in [2.24, 2.45) is 5.92 Å². The number of rotatable bonds is 6. The highest BCUT2D eigenvalue weighted by atomic mass is 15.2. The Morgan fingerprint density at radius 2 is 2.00 bits per heavy atom. The second-order valence-corrected chi connectivity index (χ2v) is 5.86. The van der Waals surface area contributed by atoms with E-state index in [9.17, 15) is 0 Å². The first kappa shape index (κ1) is 15.1. The fourth-order valence-electron chi connectivity index (χ4n) is 3.00. The van der Waals surface area contributed by atoms with E-state index in [4.69, 9.17) is 0 Å². The van der Waals surface area contributed by atoms with E-state index in [1.54, 1.807) is 0 Å². The van der Waals surface area contributed by atoms with E-state index in [2.05, 4.69) is 41.1 Å². The summed E-state index contributed by atoms with van der Waals surface area (Å²) in [4.78, 5) is 11.2. The number of hydrogen-bond donors (Lipinski definition) is 1. The second kappa shape index (κ2) is 7.46. The van der Waals surface area contributed by atoms with Crippen LogP contribution in [0.4, 0.5) is 11.8 Å². The summed E-state index contributed by atoms with van der Waals surface area (Å²) in [7, 11) is 2.17. The molecule has 4 heteroatoms. The molecule has 1 heterocycles. The van der Waals surface area contributed by atoms with Gasteiger partial charge in [0, 0.05) is 25.8 Å². The lowest BCUT2D eigenvalue weighted by atomic mass is 9.84. The summed E-state index contributed by atoms with van der Waals surface area (Å²) in [5.74, 6) is 2.73. The van der Waals surface area contributed by atoms with Gasteiger partial charge in [0.2, 0.25) is 5.95 Å². The molecule has 0 bridgehead atoms. The topological polar surface area (TPSA) is 41.1 Å².